The van der Waals surface area contributed by atoms with Gasteiger partial charge in [-0.05, 0) is 35.9 Å². The second-order valence-electron chi connectivity index (χ2n) is 5.32. The summed E-state index contributed by atoms with van der Waals surface area (Å²) in [5.41, 5.74) is 5.68. The summed E-state index contributed by atoms with van der Waals surface area (Å²) in [6.45, 7) is 0. The van der Waals surface area contributed by atoms with Crippen molar-refractivity contribution in [2.45, 2.75) is 6.42 Å². The number of benzene rings is 2. The van der Waals surface area contributed by atoms with Crippen LogP contribution in [0.5, 0.6) is 17.2 Å². The van der Waals surface area contributed by atoms with Crippen LogP contribution in [0.25, 0.3) is 0 Å². The molecule has 2 aromatic rings. The molecule has 0 heterocycles. The van der Waals surface area contributed by atoms with E-state index in [1.807, 2.05) is 0 Å². The Labute approximate surface area is 149 Å². The van der Waals surface area contributed by atoms with Gasteiger partial charge in [0.2, 0.25) is 11.7 Å². The summed E-state index contributed by atoms with van der Waals surface area (Å²) in [5, 5.41) is 2.59. The average molecular weight is 362 g/mol. The summed E-state index contributed by atoms with van der Waals surface area (Å²) in [6.07, 6.45) is -0.00000449. The van der Waals surface area contributed by atoms with E-state index in [4.69, 9.17) is 19.9 Å². The van der Waals surface area contributed by atoms with Gasteiger partial charge in [0.05, 0.1) is 33.3 Å². The van der Waals surface area contributed by atoms with Crippen LogP contribution in [0.2, 0.25) is 0 Å². The Morgan fingerprint density at radius 1 is 1.04 bits per heavy atom. The number of nitrogens with one attached hydrogen (secondary N) is 1. The fourth-order valence-electron chi connectivity index (χ4n) is 2.42. The number of hydrogen-bond acceptors (Lipinski definition) is 5. The highest BCUT2D eigenvalue weighted by Crippen LogP contribution is 2.38. The molecule has 0 fully saturated rings. The number of halogens is 1. The van der Waals surface area contributed by atoms with Crippen LogP contribution in [0.15, 0.2) is 30.3 Å². The van der Waals surface area contributed by atoms with Gasteiger partial charge in [-0.25, -0.2) is 4.39 Å². The predicted octanol–water partition coefficient (Wildman–Crippen LogP) is 2.13. The molecule has 3 N–H and O–H groups in total. The third-order valence-electron chi connectivity index (χ3n) is 3.60. The van der Waals surface area contributed by atoms with Crippen LogP contribution in [-0.4, -0.2) is 33.1 Å². The van der Waals surface area contributed by atoms with E-state index in [-0.39, 0.29) is 23.6 Å². The minimum Gasteiger partial charge on any atom is -0.493 e. The summed E-state index contributed by atoms with van der Waals surface area (Å²) in [4.78, 5) is 23.4. The van der Waals surface area contributed by atoms with Crippen LogP contribution >= 0.6 is 0 Å². The van der Waals surface area contributed by atoms with Crippen molar-refractivity contribution >= 4 is 17.5 Å². The van der Waals surface area contributed by atoms with Crippen molar-refractivity contribution in [2.24, 2.45) is 5.73 Å². The van der Waals surface area contributed by atoms with Crippen molar-refractivity contribution in [1.29, 1.82) is 0 Å². The zero-order chi connectivity index (χ0) is 19.3. The van der Waals surface area contributed by atoms with E-state index in [9.17, 15) is 14.0 Å². The van der Waals surface area contributed by atoms with Gasteiger partial charge in [0, 0.05) is 5.69 Å². The van der Waals surface area contributed by atoms with Gasteiger partial charge in [0.15, 0.2) is 11.5 Å². The molecular weight excluding hydrogens is 343 g/mol. The van der Waals surface area contributed by atoms with Crippen LogP contribution in [0.4, 0.5) is 10.1 Å². The highest BCUT2D eigenvalue weighted by atomic mass is 19.1. The van der Waals surface area contributed by atoms with Crippen LogP contribution in [0.3, 0.4) is 0 Å². The molecule has 2 aromatic carbocycles. The van der Waals surface area contributed by atoms with Gasteiger partial charge in [0.25, 0.3) is 5.91 Å². The standard InChI is InChI=1S/C18H19FN2O5/c1-24-14-6-10(7-15(25-2)17(14)26-3)8-16(22)21-11-4-5-13(19)12(9-11)18(20)23/h4-7,9H,8H2,1-3H3,(H2,20,23)(H,21,22). The third-order valence-corrected chi connectivity index (χ3v) is 3.60. The minimum atomic E-state index is -0.914. The van der Waals surface area contributed by atoms with Crippen molar-refractivity contribution in [1.82, 2.24) is 0 Å². The number of anilines is 1. The quantitative estimate of drug-likeness (QED) is 0.786. The van der Waals surface area contributed by atoms with Crippen molar-refractivity contribution in [3.05, 3.63) is 47.3 Å². The fourth-order valence-corrected chi connectivity index (χ4v) is 2.42. The first-order valence-electron chi connectivity index (χ1n) is 7.57. The Morgan fingerprint density at radius 3 is 2.15 bits per heavy atom. The lowest BCUT2D eigenvalue weighted by atomic mass is 10.1. The second-order valence-corrected chi connectivity index (χ2v) is 5.32. The monoisotopic (exact) mass is 362 g/mol. The Bertz CT molecular complexity index is 813. The van der Waals surface area contributed by atoms with Gasteiger partial charge in [-0.3, -0.25) is 9.59 Å². The van der Waals surface area contributed by atoms with Gasteiger partial charge in [-0.15, -0.1) is 0 Å². The summed E-state index contributed by atoms with van der Waals surface area (Å²) in [7, 11) is 4.44. The number of nitrogens with two attached hydrogens (primary N) is 1. The minimum absolute atomic E-state index is 0.00000449. The smallest absolute Gasteiger partial charge is 0.251 e. The molecule has 0 atom stereocenters. The first-order chi connectivity index (χ1) is 12.4. The molecule has 0 aliphatic carbocycles. The first kappa shape index (κ1) is 19.0. The second kappa shape index (κ2) is 8.19. The lowest BCUT2D eigenvalue weighted by Crippen LogP contribution is -2.17. The predicted molar refractivity (Wildman–Crippen MR) is 93.3 cm³/mol. The maximum Gasteiger partial charge on any atom is 0.251 e. The molecule has 0 bridgehead atoms. The van der Waals surface area contributed by atoms with Crippen molar-refractivity contribution in [3.63, 3.8) is 0 Å². The van der Waals surface area contributed by atoms with Crippen molar-refractivity contribution in [2.75, 3.05) is 26.6 Å². The van der Waals surface area contributed by atoms with E-state index < -0.39 is 11.7 Å². The molecule has 0 unspecified atom stereocenters. The summed E-state index contributed by atoms with van der Waals surface area (Å²) >= 11 is 0. The van der Waals surface area contributed by atoms with Gasteiger partial charge in [0.1, 0.15) is 5.82 Å². The molecule has 0 saturated heterocycles. The maximum absolute atomic E-state index is 13.5. The van der Waals surface area contributed by atoms with Gasteiger partial charge in [-0.1, -0.05) is 0 Å². The number of carbonyl (C=O) groups excluding carboxylic acids is 2. The van der Waals surface area contributed by atoms with Crippen molar-refractivity contribution < 1.29 is 28.2 Å². The molecular formula is C18H19FN2O5. The number of methoxy groups -OCH3 is 3. The number of primary amides is 1. The van der Waals surface area contributed by atoms with Crippen LogP contribution in [0.1, 0.15) is 15.9 Å². The van der Waals surface area contributed by atoms with E-state index >= 15 is 0 Å². The SMILES string of the molecule is COc1cc(CC(=O)Nc2ccc(F)c(C(N)=O)c2)cc(OC)c1OC. The molecule has 0 spiro atoms. The lowest BCUT2D eigenvalue weighted by Gasteiger charge is -2.14. The highest BCUT2D eigenvalue weighted by molar-refractivity contribution is 5.97. The summed E-state index contributed by atoms with van der Waals surface area (Å²) in [5.74, 6) is -0.770. The Morgan fingerprint density at radius 2 is 1.65 bits per heavy atom. The average Bonchev–Trinajstić information content (AvgIpc) is 2.62. The number of ether oxygens (including phenoxy) is 3. The highest BCUT2D eigenvalue weighted by Gasteiger charge is 2.16. The molecule has 2 rings (SSSR count). The van der Waals surface area contributed by atoms with E-state index in [1.165, 1.54) is 33.5 Å². The maximum atomic E-state index is 13.5. The third kappa shape index (κ3) is 4.21. The zero-order valence-electron chi connectivity index (χ0n) is 14.6. The van der Waals surface area contributed by atoms with Gasteiger partial charge < -0.3 is 25.3 Å². The number of amides is 2. The molecule has 0 aromatic heterocycles. The van der Waals surface area contributed by atoms with E-state index in [2.05, 4.69) is 5.32 Å². The lowest BCUT2D eigenvalue weighted by molar-refractivity contribution is -0.115. The molecule has 0 saturated carbocycles. The van der Waals surface area contributed by atoms with E-state index in [0.29, 0.717) is 22.8 Å². The Hall–Kier alpha value is -3.29. The Kier molecular flexibility index (Phi) is 6.00. The van der Waals surface area contributed by atoms with Crippen LogP contribution < -0.4 is 25.3 Å². The Balaban J connectivity index is 2.20. The van der Waals surface area contributed by atoms with Gasteiger partial charge >= 0.3 is 0 Å². The summed E-state index contributed by atoms with van der Waals surface area (Å²) < 4.78 is 29.2. The van der Waals surface area contributed by atoms with E-state index in [0.717, 1.165) is 6.07 Å². The largest absolute Gasteiger partial charge is 0.493 e. The molecule has 7 nitrogen and oxygen atoms in total. The first-order valence-corrected chi connectivity index (χ1v) is 7.57. The molecule has 0 aliphatic rings. The van der Waals surface area contributed by atoms with Crippen molar-refractivity contribution in [3.8, 4) is 17.2 Å². The van der Waals surface area contributed by atoms with Crippen LogP contribution in [0, 0.1) is 5.82 Å². The normalized spacial score (nSPS) is 10.2. The molecule has 0 aliphatic heterocycles. The number of carbonyl (C=O) groups is 2. The topological polar surface area (TPSA) is 99.9 Å². The van der Waals surface area contributed by atoms with Crippen LogP contribution in [-0.2, 0) is 11.2 Å². The van der Waals surface area contributed by atoms with E-state index in [1.54, 1.807) is 12.1 Å². The summed E-state index contributed by atoms with van der Waals surface area (Å²) in [6, 6.07) is 6.90. The molecule has 0 radical (unpaired) electrons. The molecule has 138 valence electrons. The number of rotatable bonds is 7. The molecule has 8 heteroatoms. The van der Waals surface area contributed by atoms with Gasteiger partial charge in [-0.2, -0.15) is 0 Å². The molecule has 26 heavy (non-hydrogen) atoms. The molecule has 2 amide bonds. The zero-order valence-corrected chi connectivity index (χ0v) is 14.6. The number of hydrogen-bond donors (Lipinski definition) is 2. The fraction of sp³-hybridized carbons (Fsp3) is 0.222.